The van der Waals surface area contributed by atoms with Gasteiger partial charge in [0.05, 0.1) is 0 Å². The summed E-state index contributed by atoms with van der Waals surface area (Å²) in [6.45, 7) is 15.3. The zero-order chi connectivity index (χ0) is 28.9. The molecule has 7 heteroatoms. The summed E-state index contributed by atoms with van der Waals surface area (Å²) in [4.78, 5) is 43.1. The van der Waals surface area contributed by atoms with Gasteiger partial charge in [-0.25, -0.2) is 4.79 Å². The number of ether oxygens (including phenoxy) is 1. The normalized spacial score (nSPS) is 15.2. The smallest absolute Gasteiger partial charge is 0.408 e. The third-order valence-electron chi connectivity index (χ3n) is 7.07. The number of hydrogen-bond donors (Lipinski definition) is 2. The van der Waals surface area contributed by atoms with E-state index in [1.807, 2.05) is 77.1 Å². The molecule has 0 spiro atoms. The first-order valence-electron chi connectivity index (χ1n) is 14.0. The van der Waals surface area contributed by atoms with Crippen molar-refractivity contribution in [1.82, 2.24) is 10.2 Å². The Kier molecular flexibility index (Phi) is 9.81. The Morgan fingerprint density at radius 3 is 2.21 bits per heavy atom. The van der Waals surface area contributed by atoms with E-state index in [1.54, 1.807) is 25.7 Å². The molecule has 2 aromatic carbocycles. The Morgan fingerprint density at radius 2 is 1.67 bits per heavy atom. The standard InChI is InChI=1S/C32H45N3O4/c1-20(2)18-27(34-31(38)39-32(6,7)8)30(37)35(24-13-11-14-24)28(25-17-16-21(3)19-23(25)5)29(36)33-26-15-10-9-12-22(26)4/h9-10,12,15-17,19-20,24,27-28H,11,13-14,18H2,1-8H3,(H,33,36)(H,34,38). The Morgan fingerprint density at radius 1 is 1.00 bits per heavy atom. The Balaban J connectivity index is 2.06. The molecule has 39 heavy (non-hydrogen) atoms. The fraction of sp³-hybridized carbons (Fsp3) is 0.531. The van der Waals surface area contributed by atoms with Gasteiger partial charge in [-0.15, -0.1) is 0 Å². The molecule has 2 unspecified atom stereocenters. The minimum Gasteiger partial charge on any atom is -0.444 e. The van der Waals surface area contributed by atoms with E-state index in [0.717, 1.165) is 41.5 Å². The molecule has 0 heterocycles. The average molecular weight is 536 g/mol. The number of anilines is 1. The van der Waals surface area contributed by atoms with Crippen LogP contribution >= 0.6 is 0 Å². The highest BCUT2D eigenvalue weighted by molar-refractivity contribution is 5.99. The number of rotatable bonds is 9. The maximum atomic E-state index is 14.4. The number of carbonyl (C=O) groups is 3. The van der Waals surface area contributed by atoms with E-state index < -0.39 is 23.8 Å². The molecule has 0 bridgehead atoms. The largest absolute Gasteiger partial charge is 0.444 e. The van der Waals surface area contributed by atoms with Crippen molar-refractivity contribution in [3.05, 3.63) is 64.7 Å². The van der Waals surface area contributed by atoms with Crippen LogP contribution in [0, 0.1) is 26.7 Å². The first-order chi connectivity index (χ1) is 18.3. The summed E-state index contributed by atoms with van der Waals surface area (Å²) in [5, 5.41) is 5.93. The highest BCUT2D eigenvalue weighted by atomic mass is 16.6. The Labute approximate surface area is 233 Å². The first-order valence-corrected chi connectivity index (χ1v) is 14.0. The zero-order valence-electron chi connectivity index (χ0n) is 24.8. The zero-order valence-corrected chi connectivity index (χ0v) is 24.8. The number of alkyl carbamates (subject to hydrolysis) is 1. The van der Waals surface area contributed by atoms with E-state index in [-0.39, 0.29) is 23.8 Å². The molecule has 212 valence electrons. The lowest BCUT2D eigenvalue weighted by Crippen LogP contribution is -2.57. The van der Waals surface area contributed by atoms with Crippen LogP contribution in [0.3, 0.4) is 0 Å². The summed E-state index contributed by atoms with van der Waals surface area (Å²) < 4.78 is 5.50. The van der Waals surface area contributed by atoms with Crippen molar-refractivity contribution in [1.29, 1.82) is 0 Å². The number of nitrogens with one attached hydrogen (secondary N) is 2. The Hall–Kier alpha value is -3.35. The van der Waals surface area contributed by atoms with Crippen LogP contribution in [0.4, 0.5) is 10.5 Å². The predicted molar refractivity (Wildman–Crippen MR) is 156 cm³/mol. The molecule has 3 amide bonds. The summed E-state index contributed by atoms with van der Waals surface area (Å²) in [5.74, 6) is -0.390. The van der Waals surface area contributed by atoms with Gasteiger partial charge in [-0.2, -0.15) is 0 Å². The summed E-state index contributed by atoms with van der Waals surface area (Å²) in [6.07, 6.45) is 2.40. The lowest BCUT2D eigenvalue weighted by Gasteiger charge is -2.44. The SMILES string of the molecule is Cc1ccc(C(C(=O)Nc2ccccc2C)N(C(=O)C(CC(C)C)NC(=O)OC(C)(C)C)C2CCC2)c(C)c1. The molecular formula is C32H45N3O4. The molecule has 2 N–H and O–H groups in total. The second kappa shape index (κ2) is 12.7. The summed E-state index contributed by atoms with van der Waals surface area (Å²) in [7, 11) is 0. The quantitative estimate of drug-likeness (QED) is 0.378. The lowest BCUT2D eigenvalue weighted by molar-refractivity contribution is -0.146. The maximum absolute atomic E-state index is 14.4. The van der Waals surface area contributed by atoms with Crippen molar-refractivity contribution in [2.24, 2.45) is 5.92 Å². The topological polar surface area (TPSA) is 87.7 Å². The minimum atomic E-state index is -0.849. The van der Waals surface area contributed by atoms with E-state index >= 15 is 0 Å². The third kappa shape index (κ3) is 8.07. The van der Waals surface area contributed by atoms with Crippen LogP contribution in [0.5, 0.6) is 0 Å². The van der Waals surface area contributed by atoms with Crippen LogP contribution in [-0.4, -0.2) is 40.5 Å². The van der Waals surface area contributed by atoms with E-state index in [9.17, 15) is 14.4 Å². The molecule has 7 nitrogen and oxygen atoms in total. The fourth-order valence-corrected chi connectivity index (χ4v) is 4.97. The van der Waals surface area contributed by atoms with E-state index in [1.165, 1.54) is 0 Å². The third-order valence-corrected chi connectivity index (χ3v) is 7.07. The summed E-state index contributed by atoms with van der Waals surface area (Å²) in [5.41, 5.74) is 3.77. The van der Waals surface area contributed by atoms with Gasteiger partial charge in [0.2, 0.25) is 5.91 Å². The number of nitrogens with zero attached hydrogens (tertiary/aromatic N) is 1. The van der Waals surface area contributed by atoms with E-state index in [2.05, 4.69) is 10.6 Å². The molecule has 1 saturated carbocycles. The van der Waals surface area contributed by atoms with Crippen molar-refractivity contribution >= 4 is 23.6 Å². The van der Waals surface area contributed by atoms with Gasteiger partial charge < -0.3 is 20.3 Å². The van der Waals surface area contributed by atoms with Crippen molar-refractivity contribution in [2.45, 2.75) is 105 Å². The molecule has 1 fully saturated rings. The number of para-hydroxylation sites is 1. The molecule has 3 rings (SSSR count). The summed E-state index contributed by atoms with van der Waals surface area (Å²) >= 11 is 0. The number of hydrogen-bond acceptors (Lipinski definition) is 4. The molecule has 2 atom stereocenters. The van der Waals surface area contributed by atoms with Crippen molar-refractivity contribution in [3.63, 3.8) is 0 Å². The fourth-order valence-electron chi connectivity index (χ4n) is 4.97. The highest BCUT2D eigenvalue weighted by Gasteiger charge is 2.42. The van der Waals surface area contributed by atoms with Gasteiger partial charge >= 0.3 is 6.09 Å². The first kappa shape index (κ1) is 30.2. The summed E-state index contributed by atoms with van der Waals surface area (Å²) in [6, 6.07) is 11.8. The van der Waals surface area contributed by atoms with Gasteiger partial charge in [0.1, 0.15) is 17.7 Å². The molecule has 0 aromatic heterocycles. The molecule has 2 aromatic rings. The minimum absolute atomic E-state index is 0.0964. The van der Waals surface area contributed by atoms with Crippen LogP contribution in [0.1, 0.15) is 88.6 Å². The van der Waals surface area contributed by atoms with Crippen LogP contribution in [-0.2, 0) is 14.3 Å². The Bertz CT molecular complexity index is 1180. The van der Waals surface area contributed by atoms with Crippen LogP contribution in [0.25, 0.3) is 0 Å². The molecule has 0 radical (unpaired) electrons. The maximum Gasteiger partial charge on any atom is 0.408 e. The molecule has 1 aliphatic carbocycles. The van der Waals surface area contributed by atoms with Crippen molar-refractivity contribution in [3.8, 4) is 0 Å². The monoisotopic (exact) mass is 535 g/mol. The highest BCUT2D eigenvalue weighted by Crippen LogP contribution is 2.36. The van der Waals surface area contributed by atoms with E-state index in [4.69, 9.17) is 4.74 Å². The average Bonchev–Trinajstić information content (AvgIpc) is 2.77. The van der Waals surface area contributed by atoms with Crippen molar-refractivity contribution in [2.75, 3.05) is 5.32 Å². The lowest BCUT2D eigenvalue weighted by atomic mass is 9.86. The molecular weight excluding hydrogens is 490 g/mol. The van der Waals surface area contributed by atoms with Gasteiger partial charge in [0.15, 0.2) is 0 Å². The molecule has 1 aliphatic rings. The van der Waals surface area contributed by atoms with Crippen molar-refractivity contribution < 1.29 is 19.1 Å². The second-order valence-corrected chi connectivity index (χ2v) is 12.2. The second-order valence-electron chi connectivity index (χ2n) is 12.2. The molecule has 0 saturated heterocycles. The van der Waals surface area contributed by atoms with Crippen LogP contribution in [0.15, 0.2) is 42.5 Å². The van der Waals surface area contributed by atoms with Gasteiger partial charge in [-0.1, -0.05) is 55.8 Å². The predicted octanol–water partition coefficient (Wildman–Crippen LogP) is 6.61. The van der Waals surface area contributed by atoms with Gasteiger partial charge in [-0.05, 0) is 95.9 Å². The number of amides is 3. The van der Waals surface area contributed by atoms with Crippen LogP contribution < -0.4 is 10.6 Å². The molecule has 0 aliphatic heterocycles. The van der Waals surface area contributed by atoms with E-state index in [0.29, 0.717) is 12.1 Å². The number of aryl methyl sites for hydroxylation is 3. The number of carbonyl (C=O) groups excluding carboxylic acids is 3. The van der Waals surface area contributed by atoms with Gasteiger partial charge in [0.25, 0.3) is 5.91 Å². The number of benzene rings is 2. The van der Waals surface area contributed by atoms with Crippen LogP contribution in [0.2, 0.25) is 0 Å². The van der Waals surface area contributed by atoms with Gasteiger partial charge in [-0.3, -0.25) is 9.59 Å². The van der Waals surface area contributed by atoms with Gasteiger partial charge in [0, 0.05) is 11.7 Å².